The summed E-state index contributed by atoms with van der Waals surface area (Å²) >= 11 is 0. The van der Waals surface area contributed by atoms with Crippen molar-refractivity contribution in [1.82, 2.24) is 15.1 Å². The van der Waals surface area contributed by atoms with Gasteiger partial charge in [-0.05, 0) is 38.3 Å². The second-order valence-electron chi connectivity index (χ2n) is 6.85. The number of aromatic nitrogens is 2. The number of carbonyl (C=O) groups is 2. The Hall–Kier alpha value is -2.57. The molecule has 7 heteroatoms. The molecule has 25 heavy (non-hydrogen) atoms. The molecule has 7 nitrogen and oxygen atoms in total. The molecule has 2 amide bonds. The molecule has 1 saturated heterocycles. The van der Waals surface area contributed by atoms with Crippen LogP contribution in [0.1, 0.15) is 38.0 Å². The summed E-state index contributed by atoms with van der Waals surface area (Å²) in [6, 6.07) is 3.25. The predicted molar refractivity (Wildman–Crippen MR) is 94.0 cm³/mol. The van der Waals surface area contributed by atoms with Crippen molar-refractivity contribution < 1.29 is 14.0 Å². The van der Waals surface area contributed by atoms with Gasteiger partial charge in [-0.2, -0.15) is 5.10 Å². The number of nitrogens with zero attached hydrogens (tertiary/aromatic N) is 2. The van der Waals surface area contributed by atoms with E-state index in [0.29, 0.717) is 24.5 Å². The van der Waals surface area contributed by atoms with Crippen LogP contribution in [0.25, 0.3) is 11.5 Å². The molecule has 2 N–H and O–H groups in total. The summed E-state index contributed by atoms with van der Waals surface area (Å²) < 4.78 is 5.61. The van der Waals surface area contributed by atoms with Gasteiger partial charge < -0.3 is 14.6 Å². The van der Waals surface area contributed by atoms with Crippen molar-refractivity contribution in [2.24, 2.45) is 5.92 Å². The SMILES string of the molecule is Cc1ccc(-c2[nH]nc(NC(=O)C(C(C)C)N3CCCC3=O)c2C)o1. The fourth-order valence-electron chi connectivity index (χ4n) is 3.29. The molecular formula is C18H24N4O3. The van der Waals surface area contributed by atoms with Gasteiger partial charge in [0, 0.05) is 18.5 Å². The summed E-state index contributed by atoms with van der Waals surface area (Å²) in [7, 11) is 0. The number of aromatic amines is 1. The van der Waals surface area contributed by atoms with E-state index in [0.717, 1.165) is 23.4 Å². The topological polar surface area (TPSA) is 91.2 Å². The zero-order valence-corrected chi connectivity index (χ0v) is 15.0. The van der Waals surface area contributed by atoms with E-state index in [1.807, 2.05) is 39.8 Å². The molecule has 1 aliphatic rings. The fourth-order valence-corrected chi connectivity index (χ4v) is 3.29. The number of amides is 2. The minimum Gasteiger partial charge on any atom is -0.460 e. The number of hydrogen-bond donors (Lipinski definition) is 2. The number of aryl methyl sites for hydroxylation is 1. The third-order valence-corrected chi connectivity index (χ3v) is 4.58. The van der Waals surface area contributed by atoms with Gasteiger partial charge in [-0.15, -0.1) is 0 Å². The minimum absolute atomic E-state index is 0.0218. The van der Waals surface area contributed by atoms with E-state index >= 15 is 0 Å². The first-order valence-corrected chi connectivity index (χ1v) is 8.60. The van der Waals surface area contributed by atoms with E-state index in [-0.39, 0.29) is 17.7 Å². The Kier molecular flexibility index (Phi) is 4.65. The molecule has 0 aromatic carbocycles. The molecule has 0 bridgehead atoms. The Morgan fingerprint density at radius 1 is 1.36 bits per heavy atom. The summed E-state index contributed by atoms with van der Waals surface area (Å²) in [5.41, 5.74) is 1.54. The van der Waals surface area contributed by atoms with Gasteiger partial charge >= 0.3 is 0 Å². The maximum Gasteiger partial charge on any atom is 0.248 e. The van der Waals surface area contributed by atoms with Gasteiger partial charge in [-0.3, -0.25) is 14.7 Å². The van der Waals surface area contributed by atoms with Crippen molar-refractivity contribution in [3.05, 3.63) is 23.5 Å². The second-order valence-corrected chi connectivity index (χ2v) is 6.85. The normalized spacial score (nSPS) is 15.9. The third kappa shape index (κ3) is 3.31. The van der Waals surface area contributed by atoms with Gasteiger partial charge in [-0.1, -0.05) is 13.8 Å². The predicted octanol–water partition coefficient (Wildman–Crippen LogP) is 2.87. The van der Waals surface area contributed by atoms with E-state index in [1.165, 1.54) is 0 Å². The largest absolute Gasteiger partial charge is 0.460 e. The lowest BCUT2D eigenvalue weighted by molar-refractivity contribution is -0.136. The van der Waals surface area contributed by atoms with Crippen LogP contribution in [0.4, 0.5) is 5.82 Å². The van der Waals surface area contributed by atoms with Gasteiger partial charge in [0.15, 0.2) is 11.6 Å². The third-order valence-electron chi connectivity index (χ3n) is 4.58. The highest BCUT2D eigenvalue weighted by Crippen LogP contribution is 2.28. The zero-order valence-electron chi connectivity index (χ0n) is 15.0. The highest BCUT2D eigenvalue weighted by Gasteiger charge is 2.35. The van der Waals surface area contributed by atoms with E-state index in [1.54, 1.807) is 4.90 Å². The summed E-state index contributed by atoms with van der Waals surface area (Å²) in [4.78, 5) is 26.5. The highest BCUT2D eigenvalue weighted by atomic mass is 16.3. The molecule has 1 fully saturated rings. The van der Waals surface area contributed by atoms with Crippen molar-refractivity contribution in [2.45, 2.75) is 46.6 Å². The van der Waals surface area contributed by atoms with Crippen LogP contribution in [0.3, 0.4) is 0 Å². The minimum atomic E-state index is -0.486. The maximum absolute atomic E-state index is 12.8. The molecule has 1 aliphatic heterocycles. The molecule has 3 rings (SSSR count). The molecule has 0 spiro atoms. The number of carbonyl (C=O) groups excluding carboxylic acids is 2. The van der Waals surface area contributed by atoms with Crippen LogP contribution in [-0.4, -0.2) is 39.5 Å². The number of H-pyrrole nitrogens is 1. The maximum atomic E-state index is 12.8. The van der Waals surface area contributed by atoms with Gasteiger partial charge in [0.25, 0.3) is 0 Å². The van der Waals surface area contributed by atoms with Crippen molar-refractivity contribution in [2.75, 3.05) is 11.9 Å². The van der Waals surface area contributed by atoms with Gasteiger partial charge in [0.1, 0.15) is 17.5 Å². The van der Waals surface area contributed by atoms with Crippen LogP contribution < -0.4 is 5.32 Å². The number of nitrogens with one attached hydrogen (secondary N) is 2. The van der Waals surface area contributed by atoms with Crippen LogP contribution in [0.5, 0.6) is 0 Å². The molecule has 2 aromatic heterocycles. The molecule has 1 atom stereocenters. The lowest BCUT2D eigenvalue weighted by Crippen LogP contribution is -2.48. The molecule has 0 radical (unpaired) electrons. The highest BCUT2D eigenvalue weighted by molar-refractivity contribution is 5.98. The van der Waals surface area contributed by atoms with E-state index in [4.69, 9.17) is 4.42 Å². The summed E-state index contributed by atoms with van der Waals surface area (Å²) in [5.74, 6) is 1.81. The molecule has 3 heterocycles. The van der Waals surface area contributed by atoms with Crippen LogP contribution in [0, 0.1) is 19.8 Å². The monoisotopic (exact) mass is 344 g/mol. The standard InChI is InChI=1S/C18H24N4O3/c1-10(2)16(22-9-5-6-14(22)23)18(24)19-17-12(4)15(20-21-17)13-8-7-11(3)25-13/h7-8,10,16H,5-6,9H2,1-4H3,(H2,19,20,21,24). The fraction of sp³-hybridized carbons (Fsp3) is 0.500. The summed E-state index contributed by atoms with van der Waals surface area (Å²) in [6.07, 6.45) is 1.32. The average Bonchev–Trinajstić information content (AvgIpc) is 3.23. The zero-order chi connectivity index (χ0) is 18.1. The van der Waals surface area contributed by atoms with Crippen LogP contribution in [-0.2, 0) is 9.59 Å². The number of anilines is 1. The van der Waals surface area contributed by atoms with Crippen LogP contribution in [0.15, 0.2) is 16.5 Å². The first-order valence-electron chi connectivity index (χ1n) is 8.60. The molecule has 0 aliphatic carbocycles. The molecule has 1 unspecified atom stereocenters. The van der Waals surface area contributed by atoms with Crippen molar-refractivity contribution in [3.63, 3.8) is 0 Å². The number of furan rings is 1. The molecule has 134 valence electrons. The second kappa shape index (κ2) is 6.74. The lowest BCUT2D eigenvalue weighted by atomic mass is 10.0. The number of hydrogen-bond acceptors (Lipinski definition) is 4. The van der Waals surface area contributed by atoms with Crippen molar-refractivity contribution >= 4 is 17.6 Å². The Morgan fingerprint density at radius 2 is 2.12 bits per heavy atom. The lowest BCUT2D eigenvalue weighted by Gasteiger charge is -2.29. The Balaban J connectivity index is 1.80. The van der Waals surface area contributed by atoms with Gasteiger partial charge in [-0.25, -0.2) is 0 Å². The Morgan fingerprint density at radius 3 is 2.68 bits per heavy atom. The van der Waals surface area contributed by atoms with Crippen molar-refractivity contribution in [3.8, 4) is 11.5 Å². The molecule has 0 saturated carbocycles. The Labute approximate surface area is 146 Å². The quantitative estimate of drug-likeness (QED) is 0.872. The first kappa shape index (κ1) is 17.3. The number of likely N-dealkylation sites (tertiary alicyclic amines) is 1. The van der Waals surface area contributed by atoms with Crippen LogP contribution in [0.2, 0.25) is 0 Å². The van der Waals surface area contributed by atoms with Gasteiger partial charge in [0.2, 0.25) is 11.8 Å². The van der Waals surface area contributed by atoms with Crippen molar-refractivity contribution in [1.29, 1.82) is 0 Å². The molecule has 2 aromatic rings. The molecular weight excluding hydrogens is 320 g/mol. The Bertz CT molecular complexity index is 790. The van der Waals surface area contributed by atoms with E-state index < -0.39 is 6.04 Å². The summed E-state index contributed by atoms with van der Waals surface area (Å²) in [5, 5.41) is 9.99. The first-order chi connectivity index (χ1) is 11.9. The van der Waals surface area contributed by atoms with E-state index in [2.05, 4.69) is 15.5 Å². The van der Waals surface area contributed by atoms with Crippen LogP contribution >= 0.6 is 0 Å². The average molecular weight is 344 g/mol. The van der Waals surface area contributed by atoms with Gasteiger partial charge in [0.05, 0.1) is 0 Å². The van der Waals surface area contributed by atoms with E-state index in [9.17, 15) is 9.59 Å². The number of rotatable bonds is 5. The summed E-state index contributed by atoms with van der Waals surface area (Å²) in [6.45, 7) is 8.27. The smallest absolute Gasteiger partial charge is 0.248 e.